The maximum atomic E-state index is 12.5. The standard InChI is InChI=1S/C21H20N2O5S2/c1-4-13-23-19-16(27-2)10-11-17(28-3)20(19)29-21(23)22-18(24)12-14-30(25,26)15-8-6-5-7-9-15/h1,5-11H,12-14H2,2-3H3. The maximum absolute atomic E-state index is 12.5. The monoisotopic (exact) mass is 444 g/mol. The van der Waals surface area contributed by atoms with Gasteiger partial charge in [-0.2, -0.15) is 4.99 Å². The molecule has 0 bridgehead atoms. The highest BCUT2D eigenvalue weighted by molar-refractivity contribution is 7.91. The molecule has 2 aromatic carbocycles. The average molecular weight is 445 g/mol. The summed E-state index contributed by atoms with van der Waals surface area (Å²) in [6.45, 7) is 0.165. The molecule has 0 radical (unpaired) electrons. The van der Waals surface area contributed by atoms with E-state index in [1.807, 2.05) is 0 Å². The van der Waals surface area contributed by atoms with Crippen LogP contribution in [0.2, 0.25) is 0 Å². The number of benzene rings is 2. The number of amides is 1. The average Bonchev–Trinajstić information content (AvgIpc) is 3.10. The van der Waals surface area contributed by atoms with Crippen molar-refractivity contribution in [2.24, 2.45) is 4.99 Å². The number of hydrogen-bond acceptors (Lipinski definition) is 6. The second-order valence-corrected chi connectivity index (χ2v) is 9.30. The molecule has 0 fully saturated rings. The molecule has 7 nitrogen and oxygen atoms in total. The van der Waals surface area contributed by atoms with Gasteiger partial charge in [0.2, 0.25) is 5.91 Å². The Balaban J connectivity index is 1.98. The SMILES string of the molecule is C#CCn1c(=NC(=O)CCS(=O)(=O)c2ccccc2)sc2c(OC)ccc(OC)c21. The van der Waals surface area contributed by atoms with E-state index in [0.29, 0.717) is 21.8 Å². The van der Waals surface area contributed by atoms with Crippen molar-refractivity contribution in [3.05, 3.63) is 47.3 Å². The fourth-order valence-electron chi connectivity index (χ4n) is 2.91. The number of fused-ring (bicyclic) bond motifs is 1. The van der Waals surface area contributed by atoms with Gasteiger partial charge in [0.1, 0.15) is 21.7 Å². The summed E-state index contributed by atoms with van der Waals surface area (Å²) < 4.78 is 38.1. The van der Waals surface area contributed by atoms with Gasteiger partial charge in [-0.15, -0.1) is 6.42 Å². The molecule has 0 aliphatic rings. The van der Waals surface area contributed by atoms with Crippen LogP contribution in [-0.4, -0.2) is 38.9 Å². The highest BCUT2D eigenvalue weighted by Gasteiger charge is 2.18. The van der Waals surface area contributed by atoms with Gasteiger partial charge in [-0.25, -0.2) is 8.42 Å². The van der Waals surface area contributed by atoms with Gasteiger partial charge in [0.15, 0.2) is 14.6 Å². The van der Waals surface area contributed by atoms with E-state index in [-0.39, 0.29) is 23.6 Å². The summed E-state index contributed by atoms with van der Waals surface area (Å²) in [4.78, 5) is 17.1. The van der Waals surface area contributed by atoms with Gasteiger partial charge in [-0.1, -0.05) is 35.5 Å². The zero-order valence-electron chi connectivity index (χ0n) is 16.5. The van der Waals surface area contributed by atoms with Crippen molar-refractivity contribution in [2.45, 2.75) is 17.9 Å². The second kappa shape index (κ2) is 9.15. The molecule has 0 saturated heterocycles. The first-order chi connectivity index (χ1) is 14.4. The van der Waals surface area contributed by atoms with Crippen LogP contribution in [0.5, 0.6) is 11.5 Å². The van der Waals surface area contributed by atoms with E-state index in [2.05, 4.69) is 10.9 Å². The number of terminal acetylenes is 1. The Bertz CT molecular complexity index is 1280. The van der Waals surface area contributed by atoms with Gasteiger partial charge in [-0.05, 0) is 24.3 Å². The number of methoxy groups -OCH3 is 2. The number of nitrogens with zero attached hydrogens (tertiary/aromatic N) is 2. The molecule has 3 aromatic rings. The zero-order valence-corrected chi connectivity index (χ0v) is 18.1. The van der Waals surface area contributed by atoms with Gasteiger partial charge < -0.3 is 14.0 Å². The molecular formula is C21H20N2O5S2. The van der Waals surface area contributed by atoms with Gasteiger partial charge in [0, 0.05) is 6.42 Å². The van der Waals surface area contributed by atoms with E-state index >= 15 is 0 Å². The third-order valence-electron chi connectivity index (χ3n) is 4.35. The lowest BCUT2D eigenvalue weighted by molar-refractivity contribution is -0.117. The predicted octanol–water partition coefficient (Wildman–Crippen LogP) is 2.64. The van der Waals surface area contributed by atoms with Gasteiger partial charge >= 0.3 is 0 Å². The van der Waals surface area contributed by atoms with E-state index in [0.717, 1.165) is 4.70 Å². The van der Waals surface area contributed by atoms with Crippen LogP contribution in [-0.2, 0) is 21.2 Å². The van der Waals surface area contributed by atoms with Crippen LogP contribution < -0.4 is 14.3 Å². The van der Waals surface area contributed by atoms with E-state index in [1.165, 1.54) is 30.6 Å². The van der Waals surface area contributed by atoms with Crippen molar-refractivity contribution in [3.63, 3.8) is 0 Å². The number of thiazole rings is 1. The molecule has 3 rings (SSSR count). The molecule has 0 atom stereocenters. The molecule has 156 valence electrons. The quantitative estimate of drug-likeness (QED) is 0.523. The maximum Gasteiger partial charge on any atom is 0.249 e. The highest BCUT2D eigenvalue weighted by Crippen LogP contribution is 2.35. The van der Waals surface area contributed by atoms with Crippen molar-refractivity contribution >= 4 is 37.3 Å². The van der Waals surface area contributed by atoms with Crippen LogP contribution in [0.1, 0.15) is 6.42 Å². The summed E-state index contributed by atoms with van der Waals surface area (Å²) in [5, 5.41) is 0. The number of sulfone groups is 1. The third-order valence-corrected chi connectivity index (χ3v) is 7.17. The van der Waals surface area contributed by atoms with Gasteiger partial charge in [0.25, 0.3) is 0 Å². The van der Waals surface area contributed by atoms with Crippen LogP contribution >= 0.6 is 11.3 Å². The first kappa shape index (κ1) is 21.6. The normalized spacial score (nSPS) is 12.0. The molecular weight excluding hydrogens is 424 g/mol. The molecule has 0 spiro atoms. The van der Waals surface area contributed by atoms with Crippen LogP contribution in [0, 0.1) is 12.3 Å². The Morgan fingerprint density at radius 2 is 1.80 bits per heavy atom. The Hall–Kier alpha value is -3.09. The van der Waals surface area contributed by atoms with Crippen molar-refractivity contribution < 1.29 is 22.7 Å². The number of ether oxygens (including phenoxy) is 2. The van der Waals surface area contributed by atoms with Crippen molar-refractivity contribution in [1.29, 1.82) is 0 Å². The molecule has 1 amide bonds. The second-order valence-electron chi connectivity index (χ2n) is 6.21. The number of carbonyl (C=O) groups excluding carboxylic acids is 1. The summed E-state index contributed by atoms with van der Waals surface area (Å²) >= 11 is 1.23. The molecule has 0 aliphatic heterocycles. The number of hydrogen-bond donors (Lipinski definition) is 0. The Morgan fingerprint density at radius 1 is 1.13 bits per heavy atom. The molecule has 0 unspecified atom stereocenters. The van der Waals surface area contributed by atoms with Crippen LogP contribution in [0.15, 0.2) is 52.4 Å². The number of rotatable bonds is 7. The van der Waals surface area contributed by atoms with E-state index in [1.54, 1.807) is 42.0 Å². The zero-order chi connectivity index (χ0) is 21.7. The minimum Gasteiger partial charge on any atom is -0.495 e. The number of carbonyl (C=O) groups is 1. The first-order valence-electron chi connectivity index (χ1n) is 8.94. The lowest BCUT2D eigenvalue weighted by Crippen LogP contribution is -2.18. The lowest BCUT2D eigenvalue weighted by atomic mass is 10.3. The summed E-state index contributed by atoms with van der Waals surface area (Å²) in [5.74, 6) is 2.84. The Labute approximate surface area is 178 Å². The smallest absolute Gasteiger partial charge is 0.249 e. The highest BCUT2D eigenvalue weighted by atomic mass is 32.2. The Kier molecular flexibility index (Phi) is 6.59. The van der Waals surface area contributed by atoms with E-state index in [9.17, 15) is 13.2 Å². The fourth-order valence-corrected chi connectivity index (χ4v) is 5.31. The van der Waals surface area contributed by atoms with Crippen molar-refractivity contribution in [1.82, 2.24) is 4.57 Å². The molecule has 1 aromatic heterocycles. The third kappa shape index (κ3) is 4.40. The molecule has 1 heterocycles. The van der Waals surface area contributed by atoms with Crippen LogP contribution in [0.25, 0.3) is 10.2 Å². The van der Waals surface area contributed by atoms with Crippen LogP contribution in [0.4, 0.5) is 0 Å². The first-order valence-corrected chi connectivity index (χ1v) is 11.4. The molecule has 30 heavy (non-hydrogen) atoms. The Morgan fingerprint density at radius 3 is 2.43 bits per heavy atom. The summed E-state index contributed by atoms with van der Waals surface area (Å²) in [7, 11) is -0.489. The van der Waals surface area contributed by atoms with Crippen molar-refractivity contribution in [3.8, 4) is 23.8 Å². The largest absolute Gasteiger partial charge is 0.495 e. The fraction of sp³-hybridized carbons (Fsp3) is 0.238. The predicted molar refractivity (Wildman–Crippen MR) is 115 cm³/mol. The molecule has 0 N–H and O–H groups in total. The summed E-state index contributed by atoms with van der Waals surface area (Å²) in [6.07, 6.45) is 5.27. The molecule has 0 aliphatic carbocycles. The lowest BCUT2D eigenvalue weighted by Gasteiger charge is -2.08. The van der Waals surface area contributed by atoms with Crippen molar-refractivity contribution in [2.75, 3.05) is 20.0 Å². The van der Waals surface area contributed by atoms with Crippen LogP contribution in [0.3, 0.4) is 0 Å². The molecule has 9 heteroatoms. The topological polar surface area (TPSA) is 87.0 Å². The minimum absolute atomic E-state index is 0.165. The van der Waals surface area contributed by atoms with Gasteiger partial charge in [0.05, 0.1) is 31.4 Å². The van der Waals surface area contributed by atoms with E-state index in [4.69, 9.17) is 15.9 Å². The summed E-state index contributed by atoms with van der Waals surface area (Å²) in [5.41, 5.74) is 0.670. The van der Waals surface area contributed by atoms with E-state index < -0.39 is 15.7 Å². The summed E-state index contributed by atoms with van der Waals surface area (Å²) in [6, 6.07) is 11.5. The number of aromatic nitrogens is 1. The van der Waals surface area contributed by atoms with Gasteiger partial charge in [-0.3, -0.25) is 4.79 Å². The molecule has 0 saturated carbocycles. The minimum atomic E-state index is -3.57.